The number of hydrogen-bond donors (Lipinski definition) is 1. The minimum absolute atomic E-state index is 0.381. The van der Waals surface area contributed by atoms with Crippen molar-refractivity contribution in [2.75, 3.05) is 30.8 Å². The zero-order valence-electron chi connectivity index (χ0n) is 10.9. The number of anilines is 2. The topological polar surface area (TPSA) is 69.2 Å². The summed E-state index contributed by atoms with van der Waals surface area (Å²) in [4.78, 5) is 6.50. The first kappa shape index (κ1) is 11.8. The number of methoxy groups -OCH3 is 1. The average Bonchev–Trinajstić information content (AvgIpc) is 3.07. The number of nitrogen functional groups attached to an aromatic ring is 1. The lowest BCUT2D eigenvalue weighted by Gasteiger charge is -2.11. The summed E-state index contributed by atoms with van der Waals surface area (Å²) in [5.74, 6) is 1.80. The first-order valence-corrected chi connectivity index (χ1v) is 6.40. The van der Waals surface area contributed by atoms with E-state index >= 15 is 0 Å². The number of aromatic nitrogens is 3. The molecule has 0 saturated carbocycles. The highest BCUT2D eigenvalue weighted by molar-refractivity contribution is 5.51. The maximum Gasteiger partial charge on any atom is 0.246 e. The van der Waals surface area contributed by atoms with Gasteiger partial charge in [0.2, 0.25) is 11.9 Å². The second-order valence-electron chi connectivity index (χ2n) is 4.55. The molecule has 2 N–H and O–H groups in total. The van der Waals surface area contributed by atoms with Gasteiger partial charge < -0.3 is 15.4 Å². The molecule has 0 aliphatic carbocycles. The fourth-order valence-corrected chi connectivity index (χ4v) is 2.35. The molecule has 0 amide bonds. The van der Waals surface area contributed by atoms with Crippen molar-refractivity contribution in [3.63, 3.8) is 0 Å². The van der Waals surface area contributed by atoms with Crippen LogP contribution in [0.4, 0.5) is 11.9 Å². The molecule has 1 aromatic carbocycles. The highest BCUT2D eigenvalue weighted by Gasteiger charge is 2.19. The number of nitrogens with two attached hydrogens (primary N) is 1. The van der Waals surface area contributed by atoms with Gasteiger partial charge in [-0.2, -0.15) is 9.67 Å². The van der Waals surface area contributed by atoms with E-state index in [0.29, 0.717) is 11.9 Å². The molecule has 1 aromatic heterocycles. The minimum Gasteiger partial charge on any atom is -0.494 e. The fourth-order valence-electron chi connectivity index (χ4n) is 2.35. The molecule has 0 unspecified atom stereocenters. The van der Waals surface area contributed by atoms with E-state index in [9.17, 15) is 0 Å². The van der Waals surface area contributed by atoms with Gasteiger partial charge in [-0.15, -0.1) is 5.10 Å². The zero-order valence-corrected chi connectivity index (χ0v) is 10.9. The predicted molar refractivity (Wildman–Crippen MR) is 73.8 cm³/mol. The monoisotopic (exact) mass is 259 g/mol. The number of rotatable bonds is 3. The largest absolute Gasteiger partial charge is 0.494 e. The molecule has 1 aliphatic heterocycles. The normalized spacial score (nSPS) is 14.9. The molecule has 0 atom stereocenters. The maximum absolute atomic E-state index is 5.97. The number of benzene rings is 1. The van der Waals surface area contributed by atoms with Crippen LogP contribution in [0.5, 0.6) is 5.75 Å². The van der Waals surface area contributed by atoms with E-state index in [-0.39, 0.29) is 0 Å². The second kappa shape index (κ2) is 4.79. The van der Waals surface area contributed by atoms with Gasteiger partial charge in [0, 0.05) is 13.1 Å². The average molecular weight is 259 g/mol. The van der Waals surface area contributed by atoms with Crippen LogP contribution < -0.4 is 15.4 Å². The summed E-state index contributed by atoms with van der Waals surface area (Å²) < 4.78 is 6.96. The lowest BCUT2D eigenvalue weighted by atomic mass is 10.3. The number of para-hydroxylation sites is 2. The van der Waals surface area contributed by atoms with Crippen molar-refractivity contribution in [2.45, 2.75) is 12.8 Å². The van der Waals surface area contributed by atoms with Crippen molar-refractivity contribution in [3.05, 3.63) is 24.3 Å². The van der Waals surface area contributed by atoms with Gasteiger partial charge in [-0.1, -0.05) is 12.1 Å². The second-order valence-corrected chi connectivity index (χ2v) is 4.55. The first-order chi connectivity index (χ1) is 9.29. The van der Waals surface area contributed by atoms with Gasteiger partial charge in [-0.25, -0.2) is 0 Å². The van der Waals surface area contributed by atoms with E-state index in [0.717, 1.165) is 24.5 Å². The van der Waals surface area contributed by atoms with Gasteiger partial charge in [0.1, 0.15) is 11.4 Å². The van der Waals surface area contributed by atoms with Crippen LogP contribution in [-0.4, -0.2) is 35.0 Å². The van der Waals surface area contributed by atoms with E-state index in [2.05, 4.69) is 15.0 Å². The molecule has 0 bridgehead atoms. The fraction of sp³-hybridized carbons (Fsp3) is 0.385. The van der Waals surface area contributed by atoms with Gasteiger partial charge in [-0.3, -0.25) is 0 Å². The molecule has 6 nitrogen and oxygen atoms in total. The van der Waals surface area contributed by atoms with E-state index in [1.54, 1.807) is 11.8 Å². The summed E-state index contributed by atoms with van der Waals surface area (Å²) in [7, 11) is 1.63. The Kier molecular flexibility index (Phi) is 2.98. The zero-order chi connectivity index (χ0) is 13.2. The minimum atomic E-state index is 0.381. The van der Waals surface area contributed by atoms with Crippen LogP contribution in [0.3, 0.4) is 0 Å². The molecule has 0 spiro atoms. The lowest BCUT2D eigenvalue weighted by Crippen LogP contribution is -2.19. The summed E-state index contributed by atoms with van der Waals surface area (Å²) in [6.07, 6.45) is 2.37. The van der Waals surface area contributed by atoms with Crippen molar-refractivity contribution in [3.8, 4) is 11.4 Å². The Labute approximate surface area is 111 Å². The summed E-state index contributed by atoms with van der Waals surface area (Å²) in [5.41, 5.74) is 6.78. The lowest BCUT2D eigenvalue weighted by molar-refractivity contribution is 0.412. The van der Waals surface area contributed by atoms with Gasteiger partial charge in [0.25, 0.3) is 0 Å². The predicted octanol–water partition coefficient (Wildman–Crippen LogP) is 1.46. The smallest absolute Gasteiger partial charge is 0.246 e. The van der Waals surface area contributed by atoms with Gasteiger partial charge >= 0.3 is 0 Å². The molecule has 0 radical (unpaired) electrons. The molecule has 6 heteroatoms. The standard InChI is InChI=1S/C13H17N5O/c1-19-11-7-3-2-6-10(11)18-12(14)15-13(16-18)17-8-4-5-9-17/h2-3,6-7H,4-5,8-9H2,1H3,(H2,14,15,16). The Balaban J connectivity index is 2.00. The molecule has 1 aliphatic rings. The van der Waals surface area contributed by atoms with E-state index in [1.165, 1.54) is 12.8 Å². The Morgan fingerprint density at radius 3 is 2.68 bits per heavy atom. The van der Waals surface area contributed by atoms with Gasteiger partial charge in [0.15, 0.2) is 0 Å². The number of nitrogens with zero attached hydrogens (tertiary/aromatic N) is 4. The van der Waals surface area contributed by atoms with E-state index < -0.39 is 0 Å². The van der Waals surface area contributed by atoms with Crippen LogP contribution in [0.25, 0.3) is 5.69 Å². The Morgan fingerprint density at radius 1 is 1.21 bits per heavy atom. The Bertz CT molecular complexity index is 574. The third-order valence-corrected chi connectivity index (χ3v) is 3.32. The number of hydrogen-bond acceptors (Lipinski definition) is 5. The van der Waals surface area contributed by atoms with Crippen molar-refractivity contribution >= 4 is 11.9 Å². The SMILES string of the molecule is COc1ccccc1-n1nc(N2CCCC2)nc1N. The molecular weight excluding hydrogens is 242 g/mol. The van der Waals surface area contributed by atoms with Crippen LogP contribution in [0.2, 0.25) is 0 Å². The molecule has 19 heavy (non-hydrogen) atoms. The Hall–Kier alpha value is -2.24. The molecule has 100 valence electrons. The Morgan fingerprint density at radius 2 is 1.95 bits per heavy atom. The molecule has 1 fully saturated rings. The van der Waals surface area contributed by atoms with Crippen LogP contribution in [0.15, 0.2) is 24.3 Å². The molecule has 2 heterocycles. The van der Waals surface area contributed by atoms with Crippen LogP contribution in [0, 0.1) is 0 Å². The molecule has 1 saturated heterocycles. The molecule has 3 rings (SSSR count). The summed E-state index contributed by atoms with van der Waals surface area (Å²) in [5, 5.41) is 4.50. The first-order valence-electron chi connectivity index (χ1n) is 6.40. The van der Waals surface area contributed by atoms with Crippen molar-refractivity contribution in [2.24, 2.45) is 0 Å². The van der Waals surface area contributed by atoms with Crippen LogP contribution >= 0.6 is 0 Å². The summed E-state index contributed by atoms with van der Waals surface area (Å²) >= 11 is 0. The quantitative estimate of drug-likeness (QED) is 0.903. The van der Waals surface area contributed by atoms with E-state index in [1.807, 2.05) is 24.3 Å². The van der Waals surface area contributed by atoms with Crippen LogP contribution in [0.1, 0.15) is 12.8 Å². The third-order valence-electron chi connectivity index (χ3n) is 3.32. The highest BCUT2D eigenvalue weighted by Crippen LogP contribution is 2.25. The van der Waals surface area contributed by atoms with Gasteiger partial charge in [-0.05, 0) is 25.0 Å². The van der Waals surface area contributed by atoms with Crippen molar-refractivity contribution < 1.29 is 4.74 Å². The third kappa shape index (κ3) is 2.09. The summed E-state index contributed by atoms with van der Waals surface area (Å²) in [6, 6.07) is 7.63. The van der Waals surface area contributed by atoms with Crippen molar-refractivity contribution in [1.82, 2.24) is 14.8 Å². The summed E-state index contributed by atoms with van der Waals surface area (Å²) in [6.45, 7) is 1.99. The highest BCUT2D eigenvalue weighted by atomic mass is 16.5. The van der Waals surface area contributed by atoms with Crippen molar-refractivity contribution in [1.29, 1.82) is 0 Å². The van der Waals surface area contributed by atoms with Crippen LogP contribution in [-0.2, 0) is 0 Å². The number of ether oxygens (including phenoxy) is 1. The van der Waals surface area contributed by atoms with E-state index in [4.69, 9.17) is 10.5 Å². The molecular formula is C13H17N5O. The van der Waals surface area contributed by atoms with Gasteiger partial charge in [0.05, 0.1) is 7.11 Å². The maximum atomic E-state index is 5.97. The molecule has 2 aromatic rings.